The molecule has 2 heteroatoms. The summed E-state index contributed by atoms with van der Waals surface area (Å²) in [5, 5.41) is 0. The van der Waals surface area contributed by atoms with Crippen molar-refractivity contribution >= 4 is 12.4 Å². The largest absolute Gasteiger partial charge is 0.302 e. The number of piperidine rings is 1. The molecule has 1 aliphatic rings. The molecule has 0 N–H and O–H groups in total. The van der Waals surface area contributed by atoms with Gasteiger partial charge in [-0.05, 0) is 23.8 Å². The van der Waals surface area contributed by atoms with Crippen molar-refractivity contribution in [3.05, 3.63) is 41.0 Å². The molecule has 1 fully saturated rings. The van der Waals surface area contributed by atoms with E-state index in [-0.39, 0.29) is 0 Å². The summed E-state index contributed by atoms with van der Waals surface area (Å²) in [6.45, 7) is 10.4. The number of hydrogen-bond acceptors (Lipinski definition) is 2. The van der Waals surface area contributed by atoms with Crippen molar-refractivity contribution in [2.45, 2.75) is 33.6 Å². The lowest BCUT2D eigenvalue weighted by atomic mass is 9.93. The summed E-state index contributed by atoms with van der Waals surface area (Å²) in [4.78, 5) is 13.2. The van der Waals surface area contributed by atoms with Gasteiger partial charge in [-0.1, -0.05) is 56.7 Å². The Hall–Kier alpha value is -1.41. The molecule has 1 aromatic carbocycles. The van der Waals surface area contributed by atoms with Gasteiger partial charge < -0.3 is 4.90 Å². The van der Waals surface area contributed by atoms with E-state index in [9.17, 15) is 4.79 Å². The molecule has 2 rings (SSSR count). The van der Waals surface area contributed by atoms with E-state index >= 15 is 0 Å². The molecule has 0 saturated carbocycles. The molecule has 0 spiro atoms. The minimum Gasteiger partial charge on any atom is -0.302 e. The van der Waals surface area contributed by atoms with Gasteiger partial charge in [-0.15, -0.1) is 0 Å². The molecule has 0 unspecified atom stereocenters. The fourth-order valence-electron chi connectivity index (χ4n) is 2.72. The molecular formula is C18H25NO. The monoisotopic (exact) mass is 271 g/mol. The molecule has 0 radical (unpaired) electrons. The van der Waals surface area contributed by atoms with Crippen LogP contribution in [0.15, 0.2) is 29.8 Å². The highest BCUT2D eigenvalue weighted by Gasteiger charge is 2.19. The van der Waals surface area contributed by atoms with Gasteiger partial charge in [0.2, 0.25) is 0 Å². The third-order valence-electron chi connectivity index (χ3n) is 3.64. The SMILES string of the molecule is CC(C)(C)CN1CCC(=Cc2ccc(C=O)cc2)CC1. The lowest BCUT2D eigenvalue weighted by Crippen LogP contribution is -2.37. The lowest BCUT2D eigenvalue weighted by Gasteiger charge is -2.33. The van der Waals surface area contributed by atoms with Crippen LogP contribution < -0.4 is 0 Å². The Balaban J connectivity index is 1.92. The summed E-state index contributed by atoms with van der Waals surface area (Å²) in [5.74, 6) is 0. The molecule has 0 aromatic heterocycles. The summed E-state index contributed by atoms with van der Waals surface area (Å²) >= 11 is 0. The smallest absolute Gasteiger partial charge is 0.150 e. The molecule has 1 aliphatic heterocycles. The van der Waals surface area contributed by atoms with Gasteiger partial charge in [0.15, 0.2) is 0 Å². The Morgan fingerprint density at radius 2 is 1.60 bits per heavy atom. The van der Waals surface area contributed by atoms with Crippen molar-refractivity contribution in [2.24, 2.45) is 5.41 Å². The van der Waals surface area contributed by atoms with Crippen LogP contribution in [0.3, 0.4) is 0 Å². The van der Waals surface area contributed by atoms with Gasteiger partial charge in [0.25, 0.3) is 0 Å². The summed E-state index contributed by atoms with van der Waals surface area (Å²) in [6, 6.07) is 7.82. The first-order chi connectivity index (χ1) is 9.46. The Morgan fingerprint density at radius 1 is 1.05 bits per heavy atom. The quantitative estimate of drug-likeness (QED) is 0.774. The Kier molecular flexibility index (Phi) is 4.77. The van der Waals surface area contributed by atoms with Crippen molar-refractivity contribution in [3.63, 3.8) is 0 Å². The third kappa shape index (κ3) is 4.61. The number of carbonyl (C=O) groups excluding carboxylic acids is 1. The van der Waals surface area contributed by atoms with E-state index in [0.717, 1.165) is 37.8 Å². The van der Waals surface area contributed by atoms with Crippen LogP contribution in [0.1, 0.15) is 49.5 Å². The number of likely N-dealkylation sites (tertiary alicyclic amines) is 1. The van der Waals surface area contributed by atoms with Crippen molar-refractivity contribution < 1.29 is 4.79 Å². The van der Waals surface area contributed by atoms with Crippen LogP contribution >= 0.6 is 0 Å². The standard InChI is InChI=1S/C18H25NO/c1-18(2,3)14-19-10-8-16(9-11-19)12-15-4-6-17(13-20)7-5-15/h4-7,12-13H,8-11,14H2,1-3H3. The molecule has 0 atom stereocenters. The summed E-state index contributed by atoms with van der Waals surface area (Å²) in [6.07, 6.45) is 5.49. The van der Waals surface area contributed by atoms with Crippen molar-refractivity contribution in [1.82, 2.24) is 4.90 Å². The second-order valence-corrected chi connectivity index (χ2v) is 6.92. The number of carbonyl (C=O) groups is 1. The molecule has 1 heterocycles. The molecule has 0 aliphatic carbocycles. The Labute approximate surface area is 122 Å². The Morgan fingerprint density at radius 3 is 2.10 bits per heavy atom. The van der Waals surface area contributed by atoms with E-state index in [1.807, 2.05) is 24.3 Å². The van der Waals surface area contributed by atoms with Crippen LogP contribution in [0.5, 0.6) is 0 Å². The fourth-order valence-corrected chi connectivity index (χ4v) is 2.72. The van der Waals surface area contributed by atoms with Gasteiger partial charge >= 0.3 is 0 Å². The highest BCUT2D eigenvalue weighted by molar-refractivity contribution is 5.75. The van der Waals surface area contributed by atoms with Gasteiger partial charge in [-0.3, -0.25) is 4.79 Å². The summed E-state index contributed by atoms with van der Waals surface area (Å²) in [7, 11) is 0. The average Bonchev–Trinajstić information content (AvgIpc) is 2.40. The number of nitrogens with zero attached hydrogens (tertiary/aromatic N) is 1. The van der Waals surface area contributed by atoms with Gasteiger partial charge in [-0.25, -0.2) is 0 Å². The van der Waals surface area contributed by atoms with Crippen molar-refractivity contribution in [1.29, 1.82) is 0 Å². The molecule has 0 amide bonds. The van der Waals surface area contributed by atoms with Crippen LogP contribution in [0.4, 0.5) is 0 Å². The van der Waals surface area contributed by atoms with Crippen LogP contribution in [-0.4, -0.2) is 30.8 Å². The number of rotatable bonds is 3. The van der Waals surface area contributed by atoms with Gasteiger partial charge in [0, 0.05) is 25.2 Å². The first kappa shape index (κ1) is 15.0. The minimum absolute atomic E-state index is 0.381. The molecule has 1 aromatic rings. The predicted molar refractivity (Wildman–Crippen MR) is 84.9 cm³/mol. The zero-order chi connectivity index (χ0) is 14.6. The van der Waals surface area contributed by atoms with E-state index in [0.29, 0.717) is 5.41 Å². The van der Waals surface area contributed by atoms with E-state index in [1.165, 1.54) is 17.7 Å². The van der Waals surface area contributed by atoms with E-state index in [1.54, 1.807) is 0 Å². The van der Waals surface area contributed by atoms with E-state index < -0.39 is 0 Å². The molecule has 108 valence electrons. The molecule has 2 nitrogen and oxygen atoms in total. The topological polar surface area (TPSA) is 20.3 Å². The summed E-state index contributed by atoms with van der Waals surface area (Å²) < 4.78 is 0. The minimum atomic E-state index is 0.381. The number of benzene rings is 1. The Bertz CT molecular complexity index is 469. The zero-order valence-corrected chi connectivity index (χ0v) is 12.9. The number of aldehydes is 1. The number of hydrogen-bond donors (Lipinski definition) is 0. The lowest BCUT2D eigenvalue weighted by molar-refractivity contribution is 0.112. The zero-order valence-electron chi connectivity index (χ0n) is 12.9. The molecule has 20 heavy (non-hydrogen) atoms. The van der Waals surface area contributed by atoms with Crippen molar-refractivity contribution in [3.8, 4) is 0 Å². The van der Waals surface area contributed by atoms with E-state index in [2.05, 4.69) is 31.7 Å². The highest BCUT2D eigenvalue weighted by atomic mass is 16.1. The molecular weight excluding hydrogens is 246 g/mol. The maximum absolute atomic E-state index is 10.6. The van der Waals surface area contributed by atoms with E-state index in [4.69, 9.17) is 0 Å². The van der Waals surface area contributed by atoms with Crippen LogP contribution in [0.25, 0.3) is 6.08 Å². The highest BCUT2D eigenvalue weighted by Crippen LogP contribution is 2.23. The normalized spacial score (nSPS) is 17.1. The summed E-state index contributed by atoms with van der Waals surface area (Å²) in [5.41, 5.74) is 3.85. The van der Waals surface area contributed by atoms with Crippen LogP contribution in [0, 0.1) is 5.41 Å². The average molecular weight is 271 g/mol. The third-order valence-corrected chi connectivity index (χ3v) is 3.64. The first-order valence-electron chi connectivity index (χ1n) is 7.43. The molecule has 1 saturated heterocycles. The predicted octanol–water partition coefficient (Wildman–Crippen LogP) is 4.02. The second kappa shape index (κ2) is 6.36. The van der Waals surface area contributed by atoms with Gasteiger partial charge in [-0.2, -0.15) is 0 Å². The maximum atomic E-state index is 10.6. The molecule has 0 bridgehead atoms. The van der Waals surface area contributed by atoms with Crippen LogP contribution in [-0.2, 0) is 0 Å². The van der Waals surface area contributed by atoms with Crippen molar-refractivity contribution in [2.75, 3.05) is 19.6 Å². The first-order valence-corrected chi connectivity index (χ1v) is 7.43. The van der Waals surface area contributed by atoms with Crippen LogP contribution in [0.2, 0.25) is 0 Å². The fraction of sp³-hybridized carbons (Fsp3) is 0.500. The van der Waals surface area contributed by atoms with Gasteiger partial charge in [0.1, 0.15) is 6.29 Å². The maximum Gasteiger partial charge on any atom is 0.150 e. The second-order valence-electron chi connectivity index (χ2n) is 6.92. The van der Waals surface area contributed by atoms with Gasteiger partial charge in [0.05, 0.1) is 0 Å².